The highest BCUT2D eigenvalue weighted by atomic mass is 16.5. The standard InChI is InChI=1S/C4H8O3.C4H8O/c1-4(6)7-3-2-5;1-3-4(2)5/h5H,2-3H2,1H3;3H2,1-2H3. The summed E-state index contributed by atoms with van der Waals surface area (Å²) in [6, 6.07) is 0. The monoisotopic (exact) mass is 176 g/mol. The van der Waals surface area contributed by atoms with E-state index in [4.69, 9.17) is 5.11 Å². The Morgan fingerprint density at radius 2 is 1.75 bits per heavy atom. The van der Waals surface area contributed by atoms with E-state index < -0.39 is 0 Å². The summed E-state index contributed by atoms with van der Waals surface area (Å²) < 4.78 is 4.30. The number of ketones is 1. The summed E-state index contributed by atoms with van der Waals surface area (Å²) >= 11 is 0. The van der Waals surface area contributed by atoms with Crippen molar-refractivity contribution in [1.29, 1.82) is 0 Å². The van der Waals surface area contributed by atoms with E-state index in [-0.39, 0.29) is 25.0 Å². The summed E-state index contributed by atoms with van der Waals surface area (Å²) in [5, 5.41) is 8.04. The van der Waals surface area contributed by atoms with E-state index in [1.54, 1.807) is 6.92 Å². The third-order valence-corrected chi connectivity index (χ3v) is 0.895. The summed E-state index contributed by atoms with van der Waals surface area (Å²) in [5.41, 5.74) is 0. The van der Waals surface area contributed by atoms with Gasteiger partial charge in [-0.2, -0.15) is 0 Å². The van der Waals surface area contributed by atoms with Crippen LogP contribution in [0.3, 0.4) is 0 Å². The van der Waals surface area contributed by atoms with Crippen LogP contribution >= 0.6 is 0 Å². The first-order valence-corrected chi connectivity index (χ1v) is 3.78. The lowest BCUT2D eigenvalue weighted by Gasteiger charge is -1.93. The fraction of sp³-hybridized carbons (Fsp3) is 0.750. The molecule has 72 valence electrons. The minimum Gasteiger partial charge on any atom is -0.463 e. The Morgan fingerprint density at radius 3 is 1.83 bits per heavy atom. The van der Waals surface area contributed by atoms with Crippen LogP contribution in [0.2, 0.25) is 0 Å². The maximum absolute atomic E-state index is 9.87. The molecular formula is C8H16O4. The summed E-state index contributed by atoms with van der Waals surface area (Å²) in [5.74, 6) is -0.0981. The molecule has 0 heterocycles. The van der Waals surface area contributed by atoms with Gasteiger partial charge in [-0.25, -0.2) is 0 Å². The van der Waals surface area contributed by atoms with Crippen LogP contribution in [0, 0.1) is 0 Å². The molecule has 0 aliphatic carbocycles. The van der Waals surface area contributed by atoms with Crippen molar-refractivity contribution < 1.29 is 19.4 Å². The van der Waals surface area contributed by atoms with Gasteiger partial charge in [0.1, 0.15) is 12.4 Å². The van der Waals surface area contributed by atoms with Gasteiger partial charge in [0.15, 0.2) is 0 Å². The van der Waals surface area contributed by atoms with Crippen molar-refractivity contribution in [2.45, 2.75) is 27.2 Å². The predicted molar refractivity (Wildman–Crippen MR) is 44.7 cm³/mol. The van der Waals surface area contributed by atoms with Gasteiger partial charge in [0.05, 0.1) is 6.61 Å². The third kappa shape index (κ3) is 23.0. The Balaban J connectivity index is 0. The molecule has 0 aromatic rings. The van der Waals surface area contributed by atoms with E-state index in [2.05, 4.69) is 4.74 Å². The van der Waals surface area contributed by atoms with E-state index >= 15 is 0 Å². The molecule has 0 aliphatic heterocycles. The zero-order valence-electron chi connectivity index (χ0n) is 7.79. The van der Waals surface area contributed by atoms with Gasteiger partial charge in [-0.05, 0) is 6.92 Å². The number of carbonyl (C=O) groups is 2. The zero-order chi connectivity index (χ0) is 9.98. The minimum atomic E-state index is -0.353. The van der Waals surface area contributed by atoms with E-state index in [9.17, 15) is 9.59 Å². The molecule has 0 aromatic heterocycles. The predicted octanol–water partition coefficient (Wildman–Crippen LogP) is 0.527. The number of carbonyl (C=O) groups excluding carboxylic acids is 2. The molecule has 0 unspecified atom stereocenters. The van der Waals surface area contributed by atoms with Crippen molar-refractivity contribution in [1.82, 2.24) is 0 Å². The van der Waals surface area contributed by atoms with Crippen LogP contribution in [0.5, 0.6) is 0 Å². The van der Waals surface area contributed by atoms with E-state index in [1.807, 2.05) is 6.92 Å². The largest absolute Gasteiger partial charge is 0.463 e. The van der Waals surface area contributed by atoms with Gasteiger partial charge in [-0.3, -0.25) is 4.79 Å². The maximum Gasteiger partial charge on any atom is 0.302 e. The third-order valence-electron chi connectivity index (χ3n) is 0.895. The van der Waals surface area contributed by atoms with Crippen molar-refractivity contribution in [2.75, 3.05) is 13.2 Å². The lowest BCUT2D eigenvalue weighted by Crippen LogP contribution is -2.03. The Hall–Kier alpha value is -0.900. The van der Waals surface area contributed by atoms with Crippen LogP contribution in [-0.4, -0.2) is 30.1 Å². The number of hydrogen-bond donors (Lipinski definition) is 1. The lowest BCUT2D eigenvalue weighted by molar-refractivity contribution is -0.141. The quantitative estimate of drug-likeness (QED) is 0.637. The van der Waals surface area contributed by atoms with Gasteiger partial charge in [0.25, 0.3) is 0 Å². The summed E-state index contributed by atoms with van der Waals surface area (Å²) in [7, 11) is 0. The minimum absolute atomic E-state index is 0.0976. The van der Waals surface area contributed by atoms with E-state index in [0.29, 0.717) is 6.42 Å². The molecule has 0 saturated carbocycles. The first kappa shape index (κ1) is 13.7. The van der Waals surface area contributed by atoms with Crippen molar-refractivity contribution in [3.05, 3.63) is 0 Å². The Labute approximate surface area is 72.5 Å². The van der Waals surface area contributed by atoms with Crippen LogP contribution in [0.4, 0.5) is 0 Å². The summed E-state index contributed by atoms with van der Waals surface area (Å²) in [6.45, 7) is 4.74. The molecule has 0 aromatic carbocycles. The van der Waals surface area contributed by atoms with Crippen LogP contribution in [0.1, 0.15) is 27.2 Å². The maximum atomic E-state index is 9.87. The molecule has 1 N–H and O–H groups in total. The fourth-order valence-corrected chi connectivity index (χ4v) is 0.189. The number of ether oxygens (including phenoxy) is 1. The second-order valence-corrected chi connectivity index (χ2v) is 2.12. The van der Waals surface area contributed by atoms with Crippen LogP contribution < -0.4 is 0 Å². The molecule has 0 radical (unpaired) electrons. The number of hydrogen-bond acceptors (Lipinski definition) is 4. The van der Waals surface area contributed by atoms with Crippen LogP contribution in [0.25, 0.3) is 0 Å². The highest BCUT2D eigenvalue weighted by Crippen LogP contribution is 1.71. The molecule has 0 fully saturated rings. The Bertz CT molecular complexity index is 131. The normalized spacial score (nSPS) is 8.00. The Morgan fingerprint density at radius 1 is 1.33 bits per heavy atom. The summed E-state index contributed by atoms with van der Waals surface area (Å²) in [6.07, 6.45) is 0.667. The average Bonchev–Trinajstić information content (AvgIpc) is 2.02. The number of aliphatic hydroxyl groups is 1. The first-order chi connectivity index (χ1) is 5.54. The highest BCUT2D eigenvalue weighted by molar-refractivity contribution is 5.74. The van der Waals surface area contributed by atoms with Gasteiger partial charge in [-0.15, -0.1) is 0 Å². The molecule has 0 aliphatic rings. The molecule has 12 heavy (non-hydrogen) atoms. The number of Topliss-reactive ketones (excluding diaryl/α,β-unsaturated/α-hetero) is 1. The van der Waals surface area contributed by atoms with Gasteiger partial charge in [-0.1, -0.05) is 6.92 Å². The molecule has 0 rings (SSSR count). The van der Waals surface area contributed by atoms with E-state index in [1.165, 1.54) is 6.92 Å². The molecule has 0 spiro atoms. The van der Waals surface area contributed by atoms with E-state index in [0.717, 1.165) is 0 Å². The highest BCUT2D eigenvalue weighted by Gasteiger charge is 1.86. The second-order valence-electron chi connectivity index (χ2n) is 2.12. The Kier molecular flexibility index (Phi) is 11.5. The molecule has 4 nitrogen and oxygen atoms in total. The molecule has 4 heteroatoms. The van der Waals surface area contributed by atoms with Gasteiger partial charge in [0, 0.05) is 13.3 Å². The topological polar surface area (TPSA) is 63.6 Å². The SMILES string of the molecule is CC(=O)OCCO.CCC(C)=O. The van der Waals surface area contributed by atoms with Crippen molar-refractivity contribution >= 4 is 11.8 Å². The number of aliphatic hydroxyl groups excluding tert-OH is 1. The number of esters is 1. The molecule has 0 bridgehead atoms. The smallest absolute Gasteiger partial charge is 0.302 e. The molecule has 0 amide bonds. The fourth-order valence-electron chi connectivity index (χ4n) is 0.189. The van der Waals surface area contributed by atoms with Crippen molar-refractivity contribution in [3.63, 3.8) is 0 Å². The lowest BCUT2D eigenvalue weighted by atomic mass is 10.4. The zero-order valence-corrected chi connectivity index (χ0v) is 7.79. The second kappa shape index (κ2) is 10.1. The van der Waals surface area contributed by atoms with Crippen LogP contribution in [0.15, 0.2) is 0 Å². The molecule has 0 saturated heterocycles. The average molecular weight is 176 g/mol. The van der Waals surface area contributed by atoms with Crippen LogP contribution in [-0.2, 0) is 14.3 Å². The van der Waals surface area contributed by atoms with Gasteiger partial charge < -0.3 is 14.6 Å². The number of rotatable bonds is 3. The molecule has 0 atom stereocenters. The molecular weight excluding hydrogens is 160 g/mol. The van der Waals surface area contributed by atoms with Crippen molar-refractivity contribution in [2.24, 2.45) is 0 Å². The summed E-state index contributed by atoms with van der Waals surface area (Å²) in [4.78, 5) is 19.7. The van der Waals surface area contributed by atoms with Crippen molar-refractivity contribution in [3.8, 4) is 0 Å². The first-order valence-electron chi connectivity index (χ1n) is 3.78. The van der Waals surface area contributed by atoms with Gasteiger partial charge >= 0.3 is 5.97 Å². The van der Waals surface area contributed by atoms with Gasteiger partial charge in [0.2, 0.25) is 0 Å².